The molecule has 1 saturated heterocycles. The minimum atomic E-state index is -0.261. The van der Waals surface area contributed by atoms with Gasteiger partial charge in [0.05, 0.1) is 10.7 Å². The lowest BCUT2D eigenvalue weighted by Gasteiger charge is -2.29. The fourth-order valence-electron chi connectivity index (χ4n) is 1.99. The summed E-state index contributed by atoms with van der Waals surface area (Å²) >= 11 is 8.27. The third-order valence-corrected chi connectivity index (χ3v) is 4.21. The number of benzene rings is 1. The van der Waals surface area contributed by atoms with E-state index in [1.165, 1.54) is 0 Å². The van der Waals surface area contributed by atoms with E-state index < -0.39 is 0 Å². The van der Waals surface area contributed by atoms with Crippen molar-refractivity contribution in [3.63, 3.8) is 0 Å². The Morgan fingerprint density at radius 3 is 2.85 bits per heavy atom. The van der Waals surface area contributed by atoms with Crippen molar-refractivity contribution in [1.82, 2.24) is 5.32 Å². The van der Waals surface area contributed by atoms with Gasteiger partial charge < -0.3 is 15.5 Å². The smallest absolute Gasteiger partial charge is 0.319 e. The fraction of sp³-hybridized carbons (Fsp3) is 0.357. The zero-order valence-corrected chi connectivity index (χ0v) is 12.8. The first-order chi connectivity index (χ1) is 9.70. The predicted octanol–water partition coefficient (Wildman–Crippen LogP) is 3.20. The lowest BCUT2D eigenvalue weighted by molar-refractivity contribution is 0.253. The Labute approximate surface area is 128 Å². The van der Waals surface area contributed by atoms with Crippen molar-refractivity contribution < 1.29 is 4.79 Å². The molecule has 0 bridgehead atoms. The molecule has 1 heterocycles. The molecule has 4 nitrogen and oxygen atoms in total. The number of nitrogens with zero attached hydrogens (tertiary/aromatic N) is 1. The van der Waals surface area contributed by atoms with Crippen LogP contribution in [0.4, 0.5) is 16.2 Å². The molecule has 0 unspecified atom stereocenters. The Bertz CT molecular complexity index is 489. The summed E-state index contributed by atoms with van der Waals surface area (Å²) in [4.78, 5) is 13.8. The topological polar surface area (TPSA) is 44.4 Å². The second kappa shape index (κ2) is 7.45. The van der Waals surface area contributed by atoms with Gasteiger partial charge in [0.2, 0.25) is 0 Å². The van der Waals surface area contributed by atoms with Crippen LogP contribution in [0.15, 0.2) is 30.9 Å². The van der Waals surface area contributed by atoms with Crippen LogP contribution in [0.2, 0.25) is 5.02 Å². The maximum Gasteiger partial charge on any atom is 0.319 e. The van der Waals surface area contributed by atoms with Crippen molar-refractivity contribution in [2.24, 2.45) is 0 Å². The van der Waals surface area contributed by atoms with Crippen molar-refractivity contribution in [1.29, 1.82) is 0 Å². The molecule has 0 saturated carbocycles. The highest BCUT2D eigenvalue weighted by molar-refractivity contribution is 7.99. The van der Waals surface area contributed by atoms with Gasteiger partial charge in [0.15, 0.2) is 0 Å². The molecule has 0 spiro atoms. The molecule has 0 atom stereocenters. The monoisotopic (exact) mass is 311 g/mol. The van der Waals surface area contributed by atoms with Gasteiger partial charge in [0.25, 0.3) is 0 Å². The summed E-state index contributed by atoms with van der Waals surface area (Å²) in [7, 11) is 0. The van der Waals surface area contributed by atoms with Crippen LogP contribution in [0.1, 0.15) is 0 Å². The van der Waals surface area contributed by atoms with Gasteiger partial charge in [-0.15, -0.1) is 6.58 Å². The molecular weight excluding hydrogens is 294 g/mol. The molecular formula is C14H18ClN3OS. The van der Waals surface area contributed by atoms with E-state index in [2.05, 4.69) is 22.1 Å². The molecule has 1 aromatic carbocycles. The lowest BCUT2D eigenvalue weighted by Crippen LogP contribution is -2.32. The average molecular weight is 312 g/mol. The second-order valence-electron chi connectivity index (χ2n) is 4.39. The lowest BCUT2D eigenvalue weighted by atomic mass is 10.2. The van der Waals surface area contributed by atoms with Gasteiger partial charge in [-0.05, 0) is 18.2 Å². The first kappa shape index (κ1) is 15.1. The summed E-state index contributed by atoms with van der Waals surface area (Å²) < 4.78 is 0. The van der Waals surface area contributed by atoms with E-state index in [9.17, 15) is 4.79 Å². The predicted molar refractivity (Wildman–Crippen MR) is 88.2 cm³/mol. The highest BCUT2D eigenvalue weighted by Gasteiger charge is 2.14. The zero-order valence-electron chi connectivity index (χ0n) is 11.2. The normalized spacial score (nSPS) is 14.8. The maximum atomic E-state index is 11.5. The molecule has 0 radical (unpaired) electrons. The van der Waals surface area contributed by atoms with E-state index in [-0.39, 0.29) is 6.03 Å². The molecule has 108 valence electrons. The molecule has 20 heavy (non-hydrogen) atoms. The van der Waals surface area contributed by atoms with Gasteiger partial charge >= 0.3 is 6.03 Å². The van der Waals surface area contributed by atoms with Crippen LogP contribution in [-0.2, 0) is 0 Å². The Balaban J connectivity index is 2.01. The zero-order chi connectivity index (χ0) is 14.4. The molecule has 6 heteroatoms. The molecule has 0 aromatic heterocycles. The number of thioether (sulfide) groups is 1. The number of hydrogen-bond donors (Lipinski definition) is 2. The van der Waals surface area contributed by atoms with E-state index in [4.69, 9.17) is 11.6 Å². The quantitative estimate of drug-likeness (QED) is 0.839. The minimum Gasteiger partial charge on any atom is -0.369 e. The van der Waals surface area contributed by atoms with Crippen LogP contribution in [0.25, 0.3) is 0 Å². The fourth-order valence-corrected chi connectivity index (χ4v) is 3.19. The van der Waals surface area contributed by atoms with E-state index in [0.29, 0.717) is 17.3 Å². The first-order valence-corrected chi connectivity index (χ1v) is 8.02. The highest BCUT2D eigenvalue weighted by atomic mass is 35.5. The molecule has 1 fully saturated rings. The van der Waals surface area contributed by atoms with Gasteiger partial charge in [-0.2, -0.15) is 11.8 Å². The van der Waals surface area contributed by atoms with Crippen LogP contribution in [-0.4, -0.2) is 37.2 Å². The Morgan fingerprint density at radius 1 is 1.45 bits per heavy atom. The number of halogens is 1. The maximum absolute atomic E-state index is 11.5. The van der Waals surface area contributed by atoms with Crippen molar-refractivity contribution in [2.75, 3.05) is 41.4 Å². The van der Waals surface area contributed by atoms with Gasteiger partial charge in [0.1, 0.15) is 0 Å². The third-order valence-electron chi connectivity index (χ3n) is 2.96. The Kier molecular flexibility index (Phi) is 5.61. The molecule has 2 amide bonds. The Hall–Kier alpha value is -1.33. The summed E-state index contributed by atoms with van der Waals surface area (Å²) in [5.74, 6) is 2.25. The molecule has 0 aliphatic carbocycles. The van der Waals surface area contributed by atoms with Crippen LogP contribution in [0, 0.1) is 0 Å². The van der Waals surface area contributed by atoms with Crippen LogP contribution in [0.5, 0.6) is 0 Å². The van der Waals surface area contributed by atoms with Gasteiger partial charge in [-0.3, -0.25) is 0 Å². The third kappa shape index (κ3) is 4.08. The number of anilines is 2. The molecule has 1 aromatic rings. The van der Waals surface area contributed by atoms with Crippen LogP contribution in [0.3, 0.4) is 0 Å². The number of amides is 2. The van der Waals surface area contributed by atoms with Crippen LogP contribution < -0.4 is 15.5 Å². The summed E-state index contributed by atoms with van der Waals surface area (Å²) in [5.41, 5.74) is 1.72. The standard InChI is InChI=1S/C14H18ClN3OS/c1-2-5-16-14(19)17-11-3-4-13(12(15)10-11)18-6-8-20-9-7-18/h2-4,10H,1,5-9H2,(H2,16,17,19). The number of hydrogen-bond acceptors (Lipinski definition) is 3. The van der Waals surface area contributed by atoms with E-state index in [0.717, 1.165) is 30.3 Å². The number of rotatable bonds is 4. The van der Waals surface area contributed by atoms with Gasteiger partial charge in [0, 0.05) is 36.8 Å². The minimum absolute atomic E-state index is 0.261. The number of carbonyl (C=O) groups is 1. The average Bonchev–Trinajstić information content (AvgIpc) is 2.46. The molecule has 2 rings (SSSR count). The van der Waals surface area contributed by atoms with Crippen molar-refractivity contribution in [2.45, 2.75) is 0 Å². The summed E-state index contributed by atoms with van der Waals surface area (Å²) in [6, 6.07) is 5.35. The van der Waals surface area contributed by atoms with Crippen molar-refractivity contribution >= 4 is 40.8 Å². The summed E-state index contributed by atoms with van der Waals surface area (Å²) in [6.45, 7) is 6.00. The molecule has 1 aliphatic heterocycles. The molecule has 1 aliphatic rings. The van der Waals surface area contributed by atoms with Crippen LogP contribution >= 0.6 is 23.4 Å². The van der Waals surface area contributed by atoms with E-state index in [1.807, 2.05) is 23.9 Å². The van der Waals surface area contributed by atoms with E-state index in [1.54, 1.807) is 12.1 Å². The highest BCUT2D eigenvalue weighted by Crippen LogP contribution is 2.30. The summed E-state index contributed by atoms with van der Waals surface area (Å²) in [5, 5.41) is 6.06. The summed E-state index contributed by atoms with van der Waals surface area (Å²) in [6.07, 6.45) is 1.63. The van der Waals surface area contributed by atoms with Crippen molar-refractivity contribution in [3.8, 4) is 0 Å². The van der Waals surface area contributed by atoms with Crippen molar-refractivity contribution in [3.05, 3.63) is 35.9 Å². The second-order valence-corrected chi connectivity index (χ2v) is 6.02. The first-order valence-electron chi connectivity index (χ1n) is 6.48. The largest absolute Gasteiger partial charge is 0.369 e. The number of urea groups is 1. The van der Waals surface area contributed by atoms with E-state index >= 15 is 0 Å². The van der Waals surface area contributed by atoms with Gasteiger partial charge in [-0.1, -0.05) is 17.7 Å². The van der Waals surface area contributed by atoms with Gasteiger partial charge in [-0.25, -0.2) is 4.79 Å². The SMILES string of the molecule is C=CCNC(=O)Nc1ccc(N2CCSCC2)c(Cl)c1. The number of nitrogens with one attached hydrogen (secondary N) is 2. The molecule has 2 N–H and O–H groups in total. The number of carbonyl (C=O) groups excluding carboxylic acids is 1. The Morgan fingerprint density at radius 2 is 2.20 bits per heavy atom.